The van der Waals surface area contributed by atoms with Gasteiger partial charge < -0.3 is 10.6 Å². The van der Waals surface area contributed by atoms with E-state index in [-0.39, 0.29) is 11.5 Å². The van der Waals surface area contributed by atoms with Gasteiger partial charge in [0, 0.05) is 12.6 Å². The van der Waals surface area contributed by atoms with Crippen molar-refractivity contribution in [1.29, 1.82) is 0 Å². The van der Waals surface area contributed by atoms with Crippen LogP contribution in [0.1, 0.15) is 64.6 Å². The zero-order chi connectivity index (χ0) is 15.2. The highest BCUT2D eigenvalue weighted by atomic mass is 15.1. The second-order valence-electron chi connectivity index (χ2n) is 6.78. The highest BCUT2D eigenvalue weighted by molar-refractivity contribution is 5.29. The summed E-state index contributed by atoms with van der Waals surface area (Å²) in [6.45, 7) is 14.4. The van der Waals surface area contributed by atoms with Gasteiger partial charge in [0.1, 0.15) is 0 Å². The van der Waals surface area contributed by atoms with Gasteiger partial charge in [-0.1, -0.05) is 58.9 Å². The molecule has 0 aliphatic carbocycles. The first-order chi connectivity index (χ1) is 9.38. The molecule has 2 nitrogen and oxygen atoms in total. The molecular formula is C18H32N2. The highest BCUT2D eigenvalue weighted by Gasteiger charge is 2.15. The molecule has 1 aromatic carbocycles. The molecule has 1 rings (SSSR count). The lowest BCUT2D eigenvalue weighted by atomic mass is 9.86. The van der Waals surface area contributed by atoms with Crippen molar-refractivity contribution in [3.8, 4) is 0 Å². The SMILES string of the molecule is CCCN(CCC)CC(N)c1ccc(C(C)(C)C)cc1. The van der Waals surface area contributed by atoms with Gasteiger partial charge in [0.15, 0.2) is 0 Å². The Kier molecular flexibility index (Phi) is 6.70. The van der Waals surface area contributed by atoms with Crippen molar-refractivity contribution in [2.75, 3.05) is 19.6 Å². The van der Waals surface area contributed by atoms with Gasteiger partial charge in [0.05, 0.1) is 0 Å². The molecule has 2 N–H and O–H groups in total. The molecule has 0 fully saturated rings. The molecule has 0 aliphatic heterocycles. The average molecular weight is 276 g/mol. The smallest absolute Gasteiger partial charge is 0.0424 e. The third kappa shape index (κ3) is 5.26. The molecule has 20 heavy (non-hydrogen) atoms. The molecule has 1 aromatic rings. The van der Waals surface area contributed by atoms with Crippen LogP contribution in [0.15, 0.2) is 24.3 Å². The van der Waals surface area contributed by atoms with Crippen molar-refractivity contribution in [2.24, 2.45) is 5.73 Å². The van der Waals surface area contributed by atoms with Crippen LogP contribution in [0.2, 0.25) is 0 Å². The summed E-state index contributed by atoms with van der Waals surface area (Å²) in [4.78, 5) is 2.47. The summed E-state index contributed by atoms with van der Waals surface area (Å²) >= 11 is 0. The number of hydrogen-bond acceptors (Lipinski definition) is 2. The van der Waals surface area contributed by atoms with E-state index in [1.807, 2.05) is 0 Å². The summed E-state index contributed by atoms with van der Waals surface area (Å²) in [7, 11) is 0. The number of hydrogen-bond donors (Lipinski definition) is 1. The molecule has 0 saturated heterocycles. The Bertz CT molecular complexity index is 369. The van der Waals surface area contributed by atoms with Gasteiger partial charge in [-0.05, 0) is 42.5 Å². The number of nitrogens with zero attached hydrogens (tertiary/aromatic N) is 1. The van der Waals surface area contributed by atoms with E-state index < -0.39 is 0 Å². The Morgan fingerprint density at radius 2 is 1.50 bits per heavy atom. The van der Waals surface area contributed by atoms with E-state index in [0.29, 0.717) is 0 Å². The van der Waals surface area contributed by atoms with E-state index >= 15 is 0 Å². The lowest BCUT2D eigenvalue weighted by molar-refractivity contribution is 0.258. The minimum Gasteiger partial charge on any atom is -0.323 e. The predicted molar refractivity (Wildman–Crippen MR) is 89.1 cm³/mol. The number of nitrogens with two attached hydrogens (primary N) is 1. The van der Waals surface area contributed by atoms with Crippen LogP contribution in [0.5, 0.6) is 0 Å². The molecule has 0 aliphatic rings. The second kappa shape index (κ2) is 7.80. The van der Waals surface area contributed by atoms with Gasteiger partial charge in [-0.15, -0.1) is 0 Å². The summed E-state index contributed by atoms with van der Waals surface area (Å²) in [6, 6.07) is 8.95. The number of benzene rings is 1. The van der Waals surface area contributed by atoms with E-state index in [1.165, 1.54) is 24.0 Å². The van der Waals surface area contributed by atoms with Crippen LogP contribution in [0, 0.1) is 0 Å². The fraction of sp³-hybridized carbons (Fsp3) is 0.667. The zero-order valence-electron chi connectivity index (χ0n) is 13.9. The molecule has 1 unspecified atom stereocenters. The molecule has 0 heterocycles. The van der Waals surface area contributed by atoms with Crippen LogP contribution in [-0.4, -0.2) is 24.5 Å². The van der Waals surface area contributed by atoms with E-state index in [2.05, 4.69) is 63.8 Å². The monoisotopic (exact) mass is 276 g/mol. The van der Waals surface area contributed by atoms with Crippen LogP contribution in [-0.2, 0) is 5.41 Å². The Labute approximate surface area is 125 Å². The number of rotatable bonds is 7. The van der Waals surface area contributed by atoms with Crippen LogP contribution >= 0.6 is 0 Å². The molecule has 0 saturated carbocycles. The first-order valence-electron chi connectivity index (χ1n) is 7.96. The third-order valence-corrected chi connectivity index (χ3v) is 3.74. The van der Waals surface area contributed by atoms with E-state index in [0.717, 1.165) is 19.6 Å². The molecule has 1 atom stereocenters. The molecule has 0 radical (unpaired) electrons. The maximum Gasteiger partial charge on any atom is 0.0424 e. The minimum absolute atomic E-state index is 0.113. The van der Waals surface area contributed by atoms with Crippen LogP contribution in [0.25, 0.3) is 0 Å². The molecule has 2 heteroatoms. The fourth-order valence-corrected chi connectivity index (χ4v) is 2.54. The lowest BCUT2D eigenvalue weighted by Gasteiger charge is -2.25. The Hall–Kier alpha value is -0.860. The normalized spacial score (nSPS) is 13.8. The van der Waals surface area contributed by atoms with Gasteiger partial charge in [-0.25, -0.2) is 0 Å². The molecule has 0 bridgehead atoms. The Balaban J connectivity index is 2.69. The zero-order valence-corrected chi connectivity index (χ0v) is 13.9. The Morgan fingerprint density at radius 1 is 1.00 bits per heavy atom. The van der Waals surface area contributed by atoms with Crippen molar-refractivity contribution < 1.29 is 0 Å². The largest absolute Gasteiger partial charge is 0.323 e. The highest BCUT2D eigenvalue weighted by Crippen LogP contribution is 2.23. The third-order valence-electron chi connectivity index (χ3n) is 3.74. The van der Waals surface area contributed by atoms with Gasteiger partial charge in [0.2, 0.25) is 0 Å². The van der Waals surface area contributed by atoms with E-state index in [9.17, 15) is 0 Å². The summed E-state index contributed by atoms with van der Waals surface area (Å²) in [5.41, 5.74) is 9.19. The summed E-state index contributed by atoms with van der Waals surface area (Å²) in [6.07, 6.45) is 2.38. The Morgan fingerprint density at radius 3 is 1.90 bits per heavy atom. The van der Waals surface area contributed by atoms with E-state index in [1.54, 1.807) is 0 Å². The topological polar surface area (TPSA) is 29.3 Å². The van der Waals surface area contributed by atoms with Crippen LogP contribution in [0.4, 0.5) is 0 Å². The van der Waals surface area contributed by atoms with Crippen molar-refractivity contribution in [2.45, 2.75) is 58.9 Å². The molecule has 114 valence electrons. The van der Waals surface area contributed by atoms with E-state index in [4.69, 9.17) is 5.73 Å². The van der Waals surface area contributed by atoms with Crippen LogP contribution < -0.4 is 5.73 Å². The predicted octanol–water partition coefficient (Wildman–Crippen LogP) is 4.11. The maximum atomic E-state index is 6.37. The average Bonchev–Trinajstić information content (AvgIpc) is 2.38. The van der Waals surface area contributed by atoms with Gasteiger partial charge >= 0.3 is 0 Å². The maximum absolute atomic E-state index is 6.37. The molecule has 0 amide bonds. The fourth-order valence-electron chi connectivity index (χ4n) is 2.54. The minimum atomic E-state index is 0.113. The lowest BCUT2D eigenvalue weighted by Crippen LogP contribution is -2.33. The summed E-state index contributed by atoms with van der Waals surface area (Å²) in [5, 5.41) is 0. The van der Waals surface area contributed by atoms with Crippen molar-refractivity contribution in [3.05, 3.63) is 35.4 Å². The standard InChI is InChI=1S/C18H32N2/c1-6-12-20(13-7-2)14-17(19)15-8-10-16(11-9-15)18(3,4)5/h8-11,17H,6-7,12-14,19H2,1-5H3. The molecular weight excluding hydrogens is 244 g/mol. The summed E-state index contributed by atoms with van der Waals surface area (Å²) in [5.74, 6) is 0. The van der Waals surface area contributed by atoms with Gasteiger partial charge in [0.25, 0.3) is 0 Å². The first kappa shape index (κ1) is 17.2. The van der Waals surface area contributed by atoms with Crippen LogP contribution in [0.3, 0.4) is 0 Å². The van der Waals surface area contributed by atoms with Gasteiger partial charge in [-0.2, -0.15) is 0 Å². The molecule has 0 aromatic heterocycles. The van der Waals surface area contributed by atoms with Crippen molar-refractivity contribution in [1.82, 2.24) is 4.90 Å². The van der Waals surface area contributed by atoms with Gasteiger partial charge in [-0.3, -0.25) is 0 Å². The van der Waals surface area contributed by atoms with Crippen molar-refractivity contribution in [3.63, 3.8) is 0 Å². The first-order valence-corrected chi connectivity index (χ1v) is 7.96. The quantitative estimate of drug-likeness (QED) is 0.812. The second-order valence-corrected chi connectivity index (χ2v) is 6.78. The summed E-state index contributed by atoms with van der Waals surface area (Å²) < 4.78 is 0. The van der Waals surface area contributed by atoms with Crippen molar-refractivity contribution >= 4 is 0 Å². The molecule has 0 spiro atoms.